The summed E-state index contributed by atoms with van der Waals surface area (Å²) < 4.78 is 15.7. The van der Waals surface area contributed by atoms with Crippen LogP contribution in [0.5, 0.6) is 11.5 Å². The number of carbonyl (C=O) groups excluding carboxylic acids is 2. The molecule has 0 saturated heterocycles. The van der Waals surface area contributed by atoms with E-state index in [4.69, 9.17) is 13.9 Å². The standard InChI is InChI=1S/C19H18N2O5/c1-11(22)18-12(2)26-19(14(18)10-20)21-17(23)8-6-13-5-7-15(24-3)16(9-13)25-4/h5-9H,1-4H3,(H,21,23)/b8-6+. The average molecular weight is 354 g/mol. The summed E-state index contributed by atoms with van der Waals surface area (Å²) in [7, 11) is 3.06. The summed E-state index contributed by atoms with van der Waals surface area (Å²) in [6, 6.07) is 7.09. The normalized spacial score (nSPS) is 10.4. The number of hydrogen-bond donors (Lipinski definition) is 1. The summed E-state index contributed by atoms with van der Waals surface area (Å²) >= 11 is 0. The molecule has 1 aromatic carbocycles. The smallest absolute Gasteiger partial charge is 0.250 e. The molecule has 0 fully saturated rings. The number of nitriles is 1. The number of Topliss-reactive ketones (excluding diaryl/α,β-unsaturated/α-hetero) is 1. The Morgan fingerprint density at radius 3 is 2.50 bits per heavy atom. The van der Waals surface area contributed by atoms with Gasteiger partial charge in [0, 0.05) is 6.08 Å². The first-order chi connectivity index (χ1) is 12.4. The van der Waals surface area contributed by atoms with Gasteiger partial charge >= 0.3 is 0 Å². The molecule has 0 atom stereocenters. The molecular formula is C19H18N2O5. The third-order valence-electron chi connectivity index (χ3n) is 3.62. The van der Waals surface area contributed by atoms with E-state index in [2.05, 4.69) is 5.32 Å². The van der Waals surface area contributed by atoms with E-state index in [0.717, 1.165) is 5.56 Å². The lowest BCUT2D eigenvalue weighted by Gasteiger charge is -2.07. The Bertz CT molecular complexity index is 919. The highest BCUT2D eigenvalue weighted by Crippen LogP contribution is 2.28. The minimum absolute atomic E-state index is 0.0165. The van der Waals surface area contributed by atoms with Crippen LogP contribution in [0.25, 0.3) is 6.08 Å². The highest BCUT2D eigenvalue weighted by molar-refractivity contribution is 6.04. The van der Waals surface area contributed by atoms with E-state index in [-0.39, 0.29) is 28.6 Å². The van der Waals surface area contributed by atoms with E-state index < -0.39 is 5.91 Å². The Morgan fingerprint density at radius 1 is 1.23 bits per heavy atom. The van der Waals surface area contributed by atoms with Crippen molar-refractivity contribution in [1.29, 1.82) is 5.26 Å². The van der Waals surface area contributed by atoms with Gasteiger partial charge in [0.15, 0.2) is 17.3 Å². The van der Waals surface area contributed by atoms with Gasteiger partial charge in [-0.2, -0.15) is 5.26 Å². The minimum atomic E-state index is -0.500. The maximum atomic E-state index is 12.1. The molecule has 0 radical (unpaired) electrons. The average Bonchev–Trinajstić information content (AvgIpc) is 2.94. The second-order valence-electron chi connectivity index (χ2n) is 5.34. The molecule has 2 rings (SSSR count). The second-order valence-corrected chi connectivity index (χ2v) is 5.34. The summed E-state index contributed by atoms with van der Waals surface area (Å²) in [5.41, 5.74) is 0.910. The molecule has 0 aliphatic carbocycles. The van der Waals surface area contributed by atoms with Crippen LogP contribution >= 0.6 is 0 Å². The maximum absolute atomic E-state index is 12.1. The minimum Gasteiger partial charge on any atom is -0.493 e. The van der Waals surface area contributed by atoms with Gasteiger partial charge in [-0.05, 0) is 37.6 Å². The van der Waals surface area contributed by atoms with Crippen LogP contribution in [0.3, 0.4) is 0 Å². The molecule has 1 amide bonds. The van der Waals surface area contributed by atoms with E-state index in [0.29, 0.717) is 11.5 Å². The van der Waals surface area contributed by atoms with Crippen LogP contribution in [0.15, 0.2) is 28.7 Å². The van der Waals surface area contributed by atoms with Crippen molar-refractivity contribution in [2.45, 2.75) is 13.8 Å². The van der Waals surface area contributed by atoms with E-state index in [9.17, 15) is 14.9 Å². The van der Waals surface area contributed by atoms with Gasteiger partial charge in [0.25, 0.3) is 5.91 Å². The number of nitrogens with zero attached hydrogens (tertiary/aromatic N) is 1. The van der Waals surface area contributed by atoms with Gasteiger partial charge in [-0.25, -0.2) is 0 Å². The van der Waals surface area contributed by atoms with Crippen LogP contribution in [-0.4, -0.2) is 25.9 Å². The predicted molar refractivity (Wildman–Crippen MR) is 95.4 cm³/mol. The molecule has 2 aromatic rings. The molecule has 1 N–H and O–H groups in total. The fourth-order valence-corrected chi connectivity index (χ4v) is 2.45. The molecule has 134 valence electrons. The van der Waals surface area contributed by atoms with Gasteiger partial charge in [0.1, 0.15) is 17.4 Å². The number of furan rings is 1. The highest BCUT2D eigenvalue weighted by Gasteiger charge is 2.21. The van der Waals surface area contributed by atoms with Gasteiger partial charge in [-0.1, -0.05) is 6.07 Å². The number of hydrogen-bond acceptors (Lipinski definition) is 6. The van der Waals surface area contributed by atoms with Crippen molar-refractivity contribution in [3.63, 3.8) is 0 Å². The molecule has 7 nitrogen and oxygen atoms in total. The number of carbonyl (C=O) groups is 2. The number of nitrogens with one attached hydrogen (secondary N) is 1. The number of ether oxygens (including phenoxy) is 2. The van der Waals surface area contributed by atoms with Crippen LogP contribution < -0.4 is 14.8 Å². The van der Waals surface area contributed by atoms with Gasteiger partial charge in [0.2, 0.25) is 5.88 Å². The number of ketones is 1. The molecule has 0 aliphatic heterocycles. The number of rotatable bonds is 6. The number of anilines is 1. The monoisotopic (exact) mass is 354 g/mol. The zero-order valence-corrected chi connectivity index (χ0v) is 14.9. The largest absolute Gasteiger partial charge is 0.493 e. The molecule has 1 heterocycles. The number of benzene rings is 1. The lowest BCUT2D eigenvalue weighted by Crippen LogP contribution is -2.08. The van der Waals surface area contributed by atoms with Crippen LogP contribution in [0.1, 0.15) is 34.2 Å². The molecule has 26 heavy (non-hydrogen) atoms. The molecule has 0 bridgehead atoms. The Morgan fingerprint density at radius 2 is 1.92 bits per heavy atom. The molecule has 0 unspecified atom stereocenters. The van der Waals surface area contributed by atoms with E-state index in [1.54, 1.807) is 31.2 Å². The predicted octanol–water partition coefficient (Wildman–Crippen LogP) is 3.33. The van der Waals surface area contributed by atoms with Crippen molar-refractivity contribution < 1.29 is 23.5 Å². The quantitative estimate of drug-likeness (QED) is 0.631. The van der Waals surface area contributed by atoms with Crippen molar-refractivity contribution >= 4 is 23.7 Å². The van der Waals surface area contributed by atoms with Gasteiger partial charge in [0.05, 0.1) is 19.8 Å². The zero-order chi connectivity index (χ0) is 19.3. The maximum Gasteiger partial charge on any atom is 0.250 e. The van der Waals surface area contributed by atoms with Gasteiger partial charge in [-0.15, -0.1) is 0 Å². The van der Waals surface area contributed by atoms with Crippen molar-refractivity contribution in [2.24, 2.45) is 0 Å². The van der Waals surface area contributed by atoms with Crippen LogP contribution in [0.2, 0.25) is 0 Å². The summed E-state index contributed by atoms with van der Waals surface area (Å²) in [5.74, 6) is 0.555. The summed E-state index contributed by atoms with van der Waals surface area (Å²) in [6.45, 7) is 2.90. The van der Waals surface area contributed by atoms with Crippen molar-refractivity contribution in [3.8, 4) is 17.6 Å². The summed E-state index contributed by atoms with van der Waals surface area (Å²) in [5, 5.41) is 11.7. The molecule has 1 aromatic heterocycles. The lowest BCUT2D eigenvalue weighted by atomic mass is 10.1. The first kappa shape index (κ1) is 18.8. The topological polar surface area (TPSA) is 102 Å². The Kier molecular flexibility index (Phi) is 5.81. The second kappa shape index (κ2) is 8.03. The number of amides is 1. The Balaban J connectivity index is 2.20. The van der Waals surface area contributed by atoms with Crippen molar-refractivity contribution in [2.75, 3.05) is 19.5 Å². The molecule has 0 saturated carbocycles. The number of aryl methyl sites for hydroxylation is 1. The van der Waals surface area contributed by atoms with Crippen molar-refractivity contribution in [3.05, 3.63) is 46.7 Å². The molecule has 7 heteroatoms. The SMILES string of the molecule is COc1ccc(/C=C/C(=O)Nc2oc(C)c(C(C)=O)c2C#N)cc1OC. The number of methoxy groups -OCH3 is 2. The Labute approximate surface area is 150 Å². The van der Waals surface area contributed by atoms with E-state index in [1.165, 1.54) is 27.2 Å². The lowest BCUT2D eigenvalue weighted by molar-refractivity contribution is -0.111. The highest BCUT2D eigenvalue weighted by atomic mass is 16.5. The van der Waals surface area contributed by atoms with Gasteiger partial charge in [-0.3, -0.25) is 14.9 Å². The van der Waals surface area contributed by atoms with Crippen LogP contribution in [0.4, 0.5) is 5.88 Å². The molecule has 0 aliphatic rings. The van der Waals surface area contributed by atoms with E-state index >= 15 is 0 Å². The zero-order valence-electron chi connectivity index (χ0n) is 14.9. The third-order valence-corrected chi connectivity index (χ3v) is 3.62. The fourth-order valence-electron chi connectivity index (χ4n) is 2.45. The first-order valence-electron chi connectivity index (χ1n) is 7.66. The van der Waals surface area contributed by atoms with Gasteiger partial charge < -0.3 is 13.9 Å². The van der Waals surface area contributed by atoms with E-state index in [1.807, 2.05) is 6.07 Å². The van der Waals surface area contributed by atoms with Crippen LogP contribution in [-0.2, 0) is 4.79 Å². The first-order valence-corrected chi connectivity index (χ1v) is 7.66. The fraction of sp³-hybridized carbons (Fsp3) is 0.211. The summed E-state index contributed by atoms with van der Waals surface area (Å²) in [4.78, 5) is 23.7. The Hall–Kier alpha value is -3.53. The third kappa shape index (κ3) is 3.92. The molecule has 0 spiro atoms. The summed E-state index contributed by atoms with van der Waals surface area (Å²) in [6.07, 6.45) is 2.86. The molecular weight excluding hydrogens is 336 g/mol. The van der Waals surface area contributed by atoms with Crippen LogP contribution in [0, 0.1) is 18.3 Å². The van der Waals surface area contributed by atoms with Crippen molar-refractivity contribution in [1.82, 2.24) is 0 Å².